The Bertz CT molecular complexity index is 1350. The summed E-state index contributed by atoms with van der Waals surface area (Å²) in [5.74, 6) is 0.929. The molecule has 2 atom stereocenters. The molecule has 0 aliphatic carbocycles. The second-order valence-corrected chi connectivity index (χ2v) is 14.0. The number of methoxy groups -OCH3 is 1. The van der Waals surface area contributed by atoms with Crippen molar-refractivity contribution >= 4 is 25.9 Å². The van der Waals surface area contributed by atoms with E-state index in [0.29, 0.717) is 63.7 Å². The Kier molecular flexibility index (Phi) is 10.6. The first kappa shape index (κ1) is 31.6. The van der Waals surface area contributed by atoms with Crippen LogP contribution in [0.25, 0.3) is 0 Å². The van der Waals surface area contributed by atoms with Gasteiger partial charge >= 0.3 is 0 Å². The minimum atomic E-state index is -3.66. The fourth-order valence-corrected chi connectivity index (χ4v) is 7.08. The highest BCUT2D eigenvalue weighted by atomic mass is 32.2. The van der Waals surface area contributed by atoms with Gasteiger partial charge in [-0.15, -0.1) is 0 Å². The standard InChI is InChI=1S/C26H39N5O8S2/c1-27-40(33,34)23-5-3-4-22(14-23)38-19-21(32)16-29-20-15-26(39-18-20)8-11-31(12-9-26)41(35,36)24-6-7-25(30-17-24)28-10-13-37-2/h3-7,14,17,20-21,27,29,32H,8-13,15-16,18-19H2,1-2H3,(H,28,30)/t20?,21-/m0/s1. The molecule has 4 rings (SSSR count). The largest absolute Gasteiger partial charge is 0.491 e. The molecule has 1 aromatic carbocycles. The van der Waals surface area contributed by atoms with E-state index in [9.17, 15) is 21.9 Å². The summed E-state index contributed by atoms with van der Waals surface area (Å²) in [5, 5.41) is 16.8. The molecule has 3 heterocycles. The molecule has 4 N–H and O–H groups in total. The molecule has 0 saturated carbocycles. The highest BCUT2D eigenvalue weighted by Crippen LogP contribution is 2.37. The highest BCUT2D eigenvalue weighted by molar-refractivity contribution is 7.89. The maximum atomic E-state index is 13.2. The summed E-state index contributed by atoms with van der Waals surface area (Å²) >= 11 is 0. The summed E-state index contributed by atoms with van der Waals surface area (Å²) in [7, 11) is -4.31. The van der Waals surface area contributed by atoms with Crippen LogP contribution in [-0.2, 0) is 29.5 Å². The SMILES string of the molecule is CNS(=O)(=O)c1cccc(OC[C@@H](O)CNC2COC3(CCN(S(=O)(=O)c4ccc(NCCOC)nc4)CC3)C2)c1. The van der Waals surface area contributed by atoms with Crippen LogP contribution in [0, 0.1) is 0 Å². The van der Waals surface area contributed by atoms with E-state index in [-0.39, 0.29) is 29.0 Å². The Morgan fingerprint density at radius 3 is 2.63 bits per heavy atom. The molecule has 1 unspecified atom stereocenters. The molecule has 41 heavy (non-hydrogen) atoms. The quantitative estimate of drug-likeness (QED) is 0.218. The first-order valence-corrected chi connectivity index (χ1v) is 16.4. The van der Waals surface area contributed by atoms with Crippen LogP contribution in [-0.4, -0.2) is 109 Å². The third-order valence-corrected chi connectivity index (χ3v) is 10.6. The van der Waals surface area contributed by atoms with Crippen molar-refractivity contribution in [3.63, 3.8) is 0 Å². The van der Waals surface area contributed by atoms with Gasteiger partial charge in [-0.1, -0.05) is 6.07 Å². The van der Waals surface area contributed by atoms with Crippen LogP contribution < -0.4 is 20.1 Å². The maximum Gasteiger partial charge on any atom is 0.244 e. The number of piperidine rings is 1. The zero-order valence-corrected chi connectivity index (χ0v) is 24.9. The van der Waals surface area contributed by atoms with Gasteiger partial charge in [-0.05, 0) is 50.6 Å². The number of hydrogen-bond acceptors (Lipinski definition) is 11. The van der Waals surface area contributed by atoms with Gasteiger partial charge in [-0.25, -0.2) is 26.5 Å². The lowest BCUT2D eigenvalue weighted by Crippen LogP contribution is -2.47. The lowest BCUT2D eigenvalue weighted by molar-refractivity contribution is -0.0312. The molecule has 13 nitrogen and oxygen atoms in total. The van der Waals surface area contributed by atoms with Crippen LogP contribution in [0.3, 0.4) is 0 Å². The predicted molar refractivity (Wildman–Crippen MR) is 152 cm³/mol. The molecule has 2 saturated heterocycles. The van der Waals surface area contributed by atoms with Gasteiger partial charge in [0.05, 0.1) is 23.7 Å². The van der Waals surface area contributed by atoms with Gasteiger partial charge in [0.15, 0.2) is 0 Å². The Labute approximate surface area is 241 Å². The number of benzene rings is 1. The minimum absolute atomic E-state index is 0.0132. The molecule has 1 aromatic heterocycles. The van der Waals surface area contributed by atoms with Crippen molar-refractivity contribution in [2.24, 2.45) is 0 Å². The van der Waals surface area contributed by atoms with Gasteiger partial charge in [0.1, 0.15) is 29.2 Å². The molecule has 1 spiro atoms. The molecule has 2 aliphatic heterocycles. The van der Waals surface area contributed by atoms with Crippen molar-refractivity contribution < 1.29 is 36.2 Å². The molecule has 0 radical (unpaired) electrons. The van der Waals surface area contributed by atoms with Crippen LogP contribution in [0.15, 0.2) is 52.4 Å². The number of nitrogens with zero attached hydrogens (tertiary/aromatic N) is 2. The van der Waals surface area contributed by atoms with E-state index in [2.05, 4.69) is 20.3 Å². The van der Waals surface area contributed by atoms with Crippen LogP contribution in [0.2, 0.25) is 0 Å². The minimum Gasteiger partial charge on any atom is -0.491 e. The Morgan fingerprint density at radius 2 is 1.95 bits per heavy atom. The number of anilines is 1. The second kappa shape index (κ2) is 13.7. The Morgan fingerprint density at radius 1 is 1.17 bits per heavy atom. The highest BCUT2D eigenvalue weighted by Gasteiger charge is 2.44. The number of pyridine rings is 1. The van der Waals surface area contributed by atoms with Gasteiger partial charge in [0, 0.05) is 51.6 Å². The first-order valence-electron chi connectivity index (χ1n) is 13.5. The van der Waals surface area contributed by atoms with Gasteiger partial charge in [-0.2, -0.15) is 4.31 Å². The monoisotopic (exact) mass is 613 g/mol. The van der Waals surface area contributed by atoms with Crippen molar-refractivity contribution in [2.75, 3.05) is 65.5 Å². The van der Waals surface area contributed by atoms with E-state index in [4.69, 9.17) is 14.2 Å². The summed E-state index contributed by atoms with van der Waals surface area (Å²) in [6, 6.07) is 9.29. The molecular weight excluding hydrogens is 574 g/mol. The van der Waals surface area contributed by atoms with Crippen LogP contribution in [0.5, 0.6) is 5.75 Å². The van der Waals surface area contributed by atoms with E-state index < -0.39 is 31.8 Å². The number of aromatic nitrogens is 1. The van der Waals surface area contributed by atoms with Gasteiger partial charge in [0.25, 0.3) is 0 Å². The van der Waals surface area contributed by atoms with Crippen molar-refractivity contribution in [3.8, 4) is 5.75 Å². The summed E-state index contributed by atoms with van der Waals surface area (Å²) < 4.78 is 70.8. The third kappa shape index (κ3) is 8.14. The lowest BCUT2D eigenvalue weighted by Gasteiger charge is -2.38. The van der Waals surface area contributed by atoms with E-state index in [1.165, 1.54) is 29.7 Å². The van der Waals surface area contributed by atoms with E-state index >= 15 is 0 Å². The zero-order valence-electron chi connectivity index (χ0n) is 23.3. The summed E-state index contributed by atoms with van der Waals surface area (Å²) in [6.45, 7) is 2.51. The zero-order chi connectivity index (χ0) is 29.5. The third-order valence-electron chi connectivity index (χ3n) is 7.30. The number of aliphatic hydroxyl groups is 1. The molecular formula is C26H39N5O8S2. The average molecular weight is 614 g/mol. The molecule has 2 fully saturated rings. The Hall–Kier alpha value is -2.37. The van der Waals surface area contributed by atoms with Crippen LogP contribution >= 0.6 is 0 Å². The number of rotatable bonds is 14. The van der Waals surface area contributed by atoms with E-state index in [1.54, 1.807) is 31.4 Å². The Balaban J connectivity index is 1.21. The fraction of sp³-hybridized carbons (Fsp3) is 0.577. The molecule has 15 heteroatoms. The molecule has 2 aromatic rings. The molecule has 228 valence electrons. The number of hydrogen-bond donors (Lipinski definition) is 4. The van der Waals surface area contributed by atoms with E-state index in [0.717, 1.165) is 0 Å². The number of sulfonamides is 2. The van der Waals surface area contributed by atoms with E-state index in [1.807, 2.05) is 0 Å². The second-order valence-electron chi connectivity index (χ2n) is 10.2. The molecule has 0 bridgehead atoms. The normalized spacial score (nSPS) is 20.2. The molecule has 0 amide bonds. The lowest BCUT2D eigenvalue weighted by atomic mass is 9.88. The smallest absolute Gasteiger partial charge is 0.244 e. The van der Waals surface area contributed by atoms with Crippen molar-refractivity contribution in [1.82, 2.24) is 19.3 Å². The molecule has 2 aliphatic rings. The van der Waals surface area contributed by atoms with Gasteiger partial charge in [0.2, 0.25) is 20.0 Å². The summed E-state index contributed by atoms with van der Waals surface area (Å²) in [4.78, 5) is 4.45. The maximum absolute atomic E-state index is 13.2. The van der Waals surface area contributed by atoms with Crippen LogP contribution in [0.4, 0.5) is 5.82 Å². The topological polar surface area (TPSA) is 168 Å². The van der Waals surface area contributed by atoms with Crippen LogP contribution in [0.1, 0.15) is 19.3 Å². The number of nitrogens with one attached hydrogen (secondary N) is 3. The van der Waals surface area contributed by atoms with Crippen molar-refractivity contribution in [1.29, 1.82) is 0 Å². The summed E-state index contributed by atoms with van der Waals surface area (Å²) in [6.07, 6.45) is 2.41. The predicted octanol–water partition coefficient (Wildman–Crippen LogP) is 0.390. The van der Waals surface area contributed by atoms with Gasteiger partial charge < -0.3 is 30.0 Å². The summed E-state index contributed by atoms with van der Waals surface area (Å²) in [5.41, 5.74) is -0.405. The number of aliphatic hydroxyl groups excluding tert-OH is 1. The van der Waals surface area contributed by atoms with Crippen molar-refractivity contribution in [3.05, 3.63) is 42.6 Å². The van der Waals surface area contributed by atoms with Gasteiger partial charge in [-0.3, -0.25) is 0 Å². The van der Waals surface area contributed by atoms with Crippen molar-refractivity contribution in [2.45, 2.75) is 46.8 Å². The first-order chi connectivity index (χ1) is 19.6. The average Bonchev–Trinajstić information content (AvgIpc) is 3.37. The fourth-order valence-electron chi connectivity index (χ4n) is 4.93. The number of ether oxygens (including phenoxy) is 3.